The van der Waals surface area contributed by atoms with Crippen molar-refractivity contribution in [2.24, 2.45) is 0 Å². The van der Waals surface area contributed by atoms with Crippen LogP contribution in [0.4, 0.5) is 0 Å². The molecule has 196 valence electrons. The maximum Gasteiger partial charge on any atom is 0.317 e. The molecule has 1 aliphatic rings. The van der Waals surface area contributed by atoms with Gasteiger partial charge in [-0.25, -0.2) is 9.97 Å². The maximum absolute atomic E-state index is 5.07. The number of nitrogens with zero attached hydrogens (tertiary/aromatic N) is 5. The van der Waals surface area contributed by atoms with Crippen LogP contribution in [0.1, 0.15) is 11.3 Å². The molecule has 0 aliphatic carbocycles. The van der Waals surface area contributed by atoms with Gasteiger partial charge in [0.25, 0.3) is 0 Å². The van der Waals surface area contributed by atoms with Gasteiger partial charge in [0.1, 0.15) is 11.5 Å². The zero-order valence-electron chi connectivity index (χ0n) is 22.6. The van der Waals surface area contributed by atoms with Crippen LogP contribution in [0, 0.1) is 0 Å². The number of aromatic nitrogens is 4. The predicted octanol–water partition coefficient (Wildman–Crippen LogP) is 7.40. The number of pyridine rings is 3. The summed E-state index contributed by atoms with van der Waals surface area (Å²) in [4.78, 5) is 14.3. The molecule has 0 spiro atoms. The van der Waals surface area contributed by atoms with Gasteiger partial charge in [-0.05, 0) is 70.8 Å². The lowest BCUT2D eigenvalue weighted by molar-refractivity contribution is 1.03. The molecule has 4 aromatic heterocycles. The summed E-state index contributed by atoms with van der Waals surface area (Å²) in [6.07, 6.45) is 9.37. The van der Waals surface area contributed by atoms with E-state index in [2.05, 4.69) is 111 Å². The fourth-order valence-corrected chi connectivity index (χ4v) is 5.66. The van der Waals surface area contributed by atoms with Gasteiger partial charge in [-0.15, -0.1) is 0 Å². The highest BCUT2D eigenvalue weighted by atomic mass is 15.1. The van der Waals surface area contributed by atoms with Crippen molar-refractivity contribution in [3.05, 3.63) is 145 Å². The summed E-state index contributed by atoms with van der Waals surface area (Å²) >= 11 is 0. The molecule has 0 unspecified atom stereocenters. The molecule has 42 heavy (non-hydrogen) atoms. The highest BCUT2D eigenvalue weighted by Crippen LogP contribution is 2.33. The van der Waals surface area contributed by atoms with E-state index in [0.717, 1.165) is 56.2 Å². The Labute approximate surface area is 242 Å². The largest absolute Gasteiger partial charge is 0.317 e. The molecule has 0 amide bonds. The van der Waals surface area contributed by atoms with Gasteiger partial charge in [0.2, 0.25) is 0 Å². The van der Waals surface area contributed by atoms with E-state index in [4.69, 9.17) is 9.97 Å². The van der Waals surface area contributed by atoms with Crippen LogP contribution < -0.4 is 4.67 Å². The zero-order valence-corrected chi connectivity index (χ0v) is 22.6. The Morgan fingerprint density at radius 3 is 2.07 bits per heavy atom. The Balaban J connectivity index is 1.24. The van der Waals surface area contributed by atoms with Crippen molar-refractivity contribution in [3.8, 4) is 50.6 Å². The summed E-state index contributed by atoms with van der Waals surface area (Å²) in [6, 6.07) is 39.9. The van der Waals surface area contributed by atoms with Gasteiger partial charge in [-0.2, -0.15) is 0 Å². The van der Waals surface area contributed by atoms with Crippen LogP contribution in [0.15, 0.2) is 134 Å². The summed E-state index contributed by atoms with van der Waals surface area (Å²) < 4.78 is 6.57. The Morgan fingerprint density at radius 1 is 0.548 bits per heavy atom. The first-order valence-electron chi connectivity index (χ1n) is 13.9. The number of hydrogen-bond donors (Lipinski definition) is 0. The summed E-state index contributed by atoms with van der Waals surface area (Å²) in [7, 11) is 0. The summed E-state index contributed by atoms with van der Waals surface area (Å²) in [5.41, 5.74) is 11.5. The molecule has 0 saturated carbocycles. The van der Waals surface area contributed by atoms with Gasteiger partial charge < -0.3 is 0 Å². The lowest BCUT2D eigenvalue weighted by Gasteiger charge is -2.12. The molecule has 3 aromatic carbocycles. The van der Waals surface area contributed by atoms with E-state index in [0.29, 0.717) is 0 Å². The molecule has 5 heteroatoms. The summed E-state index contributed by atoms with van der Waals surface area (Å²) in [5.74, 6) is 0.845. The minimum atomic E-state index is 0.845. The van der Waals surface area contributed by atoms with Crippen molar-refractivity contribution in [2.45, 2.75) is 0 Å². The summed E-state index contributed by atoms with van der Waals surface area (Å²) in [6.45, 7) is 0. The van der Waals surface area contributed by atoms with Crippen LogP contribution in [-0.2, 0) is 0 Å². The second-order valence-electron chi connectivity index (χ2n) is 10.3. The highest BCUT2D eigenvalue weighted by molar-refractivity contribution is 6.11. The second kappa shape index (κ2) is 9.93. The Morgan fingerprint density at radius 2 is 1.29 bits per heavy atom. The molecular formula is C37H24N5+. The standard InChI is InChI=1S/C37H24N5/c1-2-8-25(9-3-1)26-10-6-11-27(18-26)30-19-33(28-12-7-17-38-21-28)41-34(20-30)29-15-16-37(40-22-29)42-35-14-5-4-13-31(35)32-23-39-24-36(32)42/h1-24H/q+1. The van der Waals surface area contributed by atoms with E-state index in [1.54, 1.807) is 6.20 Å². The van der Waals surface area contributed by atoms with Crippen molar-refractivity contribution in [1.29, 1.82) is 0 Å². The molecule has 1 aliphatic heterocycles. The molecule has 5 heterocycles. The maximum atomic E-state index is 5.07. The molecule has 0 radical (unpaired) electrons. The zero-order chi connectivity index (χ0) is 27.9. The normalized spacial score (nSPS) is 11.7. The molecule has 0 bridgehead atoms. The Kier molecular flexibility index (Phi) is 5.66. The third kappa shape index (κ3) is 4.13. The van der Waals surface area contributed by atoms with Gasteiger partial charge in [-0.1, -0.05) is 71.4 Å². The van der Waals surface area contributed by atoms with Crippen molar-refractivity contribution >= 4 is 23.3 Å². The molecule has 0 N–H and O–H groups in total. The first-order valence-corrected chi connectivity index (χ1v) is 13.9. The van der Waals surface area contributed by atoms with Crippen LogP contribution >= 0.6 is 0 Å². The van der Waals surface area contributed by atoms with Crippen molar-refractivity contribution < 1.29 is 0 Å². The van der Waals surface area contributed by atoms with Gasteiger partial charge in [0.05, 0.1) is 22.5 Å². The van der Waals surface area contributed by atoms with Crippen LogP contribution in [-0.4, -0.2) is 31.9 Å². The number of hydrogen-bond acceptors (Lipinski definition) is 3. The molecule has 8 rings (SSSR count). The third-order valence-electron chi connectivity index (χ3n) is 7.71. The average molecular weight is 539 g/mol. The molecule has 5 nitrogen and oxygen atoms in total. The number of benzene rings is 3. The van der Waals surface area contributed by atoms with Gasteiger partial charge in [0.15, 0.2) is 0 Å². The minimum Gasteiger partial charge on any atom is -0.287 e. The molecule has 0 atom stereocenters. The average Bonchev–Trinajstić information content (AvgIpc) is 3.67. The molecule has 0 saturated heterocycles. The van der Waals surface area contributed by atoms with E-state index < -0.39 is 0 Å². The lowest BCUT2D eigenvalue weighted by Crippen LogP contribution is -2.02. The summed E-state index contributed by atoms with van der Waals surface area (Å²) in [5, 5.41) is 1.17. The molecular weight excluding hydrogens is 514 g/mol. The van der Waals surface area contributed by atoms with Crippen LogP contribution in [0.2, 0.25) is 0 Å². The van der Waals surface area contributed by atoms with Crippen molar-refractivity contribution in [1.82, 2.24) is 24.2 Å². The van der Waals surface area contributed by atoms with E-state index in [9.17, 15) is 0 Å². The van der Waals surface area contributed by atoms with Gasteiger partial charge >= 0.3 is 12.4 Å². The topological polar surface area (TPSA) is 57.7 Å². The van der Waals surface area contributed by atoms with E-state index >= 15 is 0 Å². The SMILES string of the molecule is C1=[N+]=Cc2c1c1ccccc1n2-c1ccc(-c2cc(-c3cccc(-c4ccccc4)c3)cc(-c3cccnc3)n2)cn1. The van der Waals surface area contributed by atoms with Gasteiger partial charge in [-0.3, -0.25) is 9.55 Å². The monoisotopic (exact) mass is 538 g/mol. The minimum absolute atomic E-state index is 0.845. The van der Waals surface area contributed by atoms with Crippen LogP contribution in [0.25, 0.3) is 61.5 Å². The second-order valence-corrected chi connectivity index (χ2v) is 10.3. The smallest absolute Gasteiger partial charge is 0.287 e. The Hall–Kier alpha value is -5.90. The number of fused-ring (bicyclic) bond motifs is 3. The van der Waals surface area contributed by atoms with E-state index in [1.807, 2.05) is 43.0 Å². The van der Waals surface area contributed by atoms with E-state index in [1.165, 1.54) is 16.5 Å². The first kappa shape index (κ1) is 23.9. The fraction of sp³-hybridized carbons (Fsp3) is 0. The highest BCUT2D eigenvalue weighted by Gasteiger charge is 2.24. The van der Waals surface area contributed by atoms with Crippen molar-refractivity contribution in [3.63, 3.8) is 0 Å². The third-order valence-corrected chi connectivity index (χ3v) is 7.71. The fourth-order valence-electron chi connectivity index (χ4n) is 5.66. The number of para-hydroxylation sites is 1. The first-order chi connectivity index (χ1) is 20.8. The van der Waals surface area contributed by atoms with Crippen LogP contribution in [0.5, 0.6) is 0 Å². The molecule has 0 fully saturated rings. The van der Waals surface area contributed by atoms with Crippen LogP contribution in [0.3, 0.4) is 0 Å². The predicted molar refractivity (Wildman–Crippen MR) is 171 cm³/mol. The quantitative estimate of drug-likeness (QED) is 0.215. The van der Waals surface area contributed by atoms with E-state index in [-0.39, 0.29) is 0 Å². The number of rotatable bonds is 5. The lowest BCUT2D eigenvalue weighted by atomic mass is 9.97. The Bertz CT molecular complexity index is 2150. The van der Waals surface area contributed by atoms with Crippen molar-refractivity contribution in [2.75, 3.05) is 0 Å². The van der Waals surface area contributed by atoms with Gasteiger partial charge in [0, 0.05) is 35.1 Å². The molecule has 7 aromatic rings.